The number of piperazine rings is 1. The Balaban J connectivity index is 2.10. The summed E-state index contributed by atoms with van der Waals surface area (Å²) >= 11 is 0. The minimum Gasteiger partial charge on any atom is -0.314 e. The molecule has 0 aromatic carbocycles. The van der Waals surface area contributed by atoms with E-state index in [0.717, 1.165) is 26.2 Å². The molecule has 6 heteroatoms. The molecule has 1 aliphatic heterocycles. The van der Waals surface area contributed by atoms with E-state index in [4.69, 9.17) is 0 Å². The lowest BCUT2D eigenvalue weighted by molar-refractivity contribution is -0.137. The van der Waals surface area contributed by atoms with E-state index < -0.39 is 12.6 Å². The van der Waals surface area contributed by atoms with Crippen molar-refractivity contribution in [2.75, 3.05) is 32.7 Å². The number of carbonyl (C=O) groups excluding carboxylic acids is 1. The smallest absolute Gasteiger partial charge is 0.314 e. The van der Waals surface area contributed by atoms with Gasteiger partial charge in [0.2, 0.25) is 0 Å². The fraction of sp³-hybridized carbons (Fsp3) is 0.900. The van der Waals surface area contributed by atoms with Gasteiger partial charge in [-0.05, 0) is 6.42 Å². The Labute approximate surface area is 93.0 Å². The van der Waals surface area contributed by atoms with E-state index in [1.807, 2.05) is 4.90 Å². The van der Waals surface area contributed by atoms with Gasteiger partial charge < -0.3 is 5.32 Å². The molecule has 3 nitrogen and oxygen atoms in total. The van der Waals surface area contributed by atoms with Gasteiger partial charge in [-0.3, -0.25) is 9.69 Å². The lowest BCUT2D eigenvalue weighted by atomic mass is 10.1. The maximum atomic E-state index is 11.8. The van der Waals surface area contributed by atoms with Gasteiger partial charge in [0.25, 0.3) is 0 Å². The Bertz CT molecular complexity index is 225. The first-order valence-electron chi connectivity index (χ1n) is 5.49. The summed E-state index contributed by atoms with van der Waals surface area (Å²) in [4.78, 5) is 13.3. The van der Waals surface area contributed by atoms with Crippen LogP contribution >= 0.6 is 0 Å². The second-order valence-corrected chi connectivity index (χ2v) is 4.03. The lowest BCUT2D eigenvalue weighted by Gasteiger charge is -2.26. The third-order valence-electron chi connectivity index (χ3n) is 2.53. The highest BCUT2D eigenvalue weighted by atomic mass is 19.4. The number of rotatable bonds is 5. The third-order valence-corrected chi connectivity index (χ3v) is 2.53. The summed E-state index contributed by atoms with van der Waals surface area (Å²) in [6, 6.07) is 0. The number of carbonyl (C=O) groups is 1. The highest BCUT2D eigenvalue weighted by Crippen LogP contribution is 2.22. The number of halogens is 3. The molecule has 0 saturated carbocycles. The number of alkyl halides is 3. The Kier molecular flexibility index (Phi) is 5.21. The van der Waals surface area contributed by atoms with Crippen LogP contribution in [0.5, 0.6) is 0 Å². The Hall–Kier alpha value is -0.620. The Morgan fingerprint density at radius 2 is 1.88 bits per heavy atom. The van der Waals surface area contributed by atoms with Crippen molar-refractivity contribution >= 4 is 5.78 Å². The zero-order valence-electron chi connectivity index (χ0n) is 9.15. The highest BCUT2D eigenvalue weighted by Gasteiger charge is 2.26. The van der Waals surface area contributed by atoms with Crippen LogP contribution in [-0.4, -0.2) is 49.6 Å². The number of hydrogen-bond donors (Lipinski definition) is 1. The van der Waals surface area contributed by atoms with Crippen molar-refractivity contribution in [3.8, 4) is 0 Å². The van der Waals surface area contributed by atoms with Crippen LogP contribution in [0.25, 0.3) is 0 Å². The quantitative estimate of drug-likeness (QED) is 0.781. The van der Waals surface area contributed by atoms with Crippen LogP contribution in [0.4, 0.5) is 13.2 Å². The van der Waals surface area contributed by atoms with E-state index in [2.05, 4.69) is 5.32 Å². The number of nitrogens with one attached hydrogen (secondary N) is 1. The van der Waals surface area contributed by atoms with Crippen LogP contribution in [-0.2, 0) is 4.79 Å². The fourth-order valence-corrected chi connectivity index (χ4v) is 1.68. The van der Waals surface area contributed by atoms with Gasteiger partial charge in [-0.2, -0.15) is 13.2 Å². The molecule has 0 aromatic rings. The third kappa shape index (κ3) is 6.07. The van der Waals surface area contributed by atoms with E-state index in [1.165, 1.54) is 0 Å². The van der Waals surface area contributed by atoms with Gasteiger partial charge in [-0.15, -0.1) is 0 Å². The first-order chi connectivity index (χ1) is 7.47. The van der Waals surface area contributed by atoms with Crippen LogP contribution in [0.15, 0.2) is 0 Å². The summed E-state index contributed by atoms with van der Waals surface area (Å²) in [7, 11) is 0. The second-order valence-electron chi connectivity index (χ2n) is 4.03. The second kappa shape index (κ2) is 6.20. The molecule has 1 aliphatic rings. The summed E-state index contributed by atoms with van der Waals surface area (Å²) in [5, 5.41) is 3.15. The molecule has 0 amide bonds. The molecule has 0 aliphatic carbocycles. The van der Waals surface area contributed by atoms with Crippen molar-refractivity contribution in [2.24, 2.45) is 0 Å². The van der Waals surface area contributed by atoms with Crippen molar-refractivity contribution in [1.82, 2.24) is 10.2 Å². The Morgan fingerprint density at radius 3 is 2.44 bits per heavy atom. The van der Waals surface area contributed by atoms with Gasteiger partial charge in [0.05, 0.1) is 6.54 Å². The molecular formula is C10H17F3N2O. The van der Waals surface area contributed by atoms with Crippen LogP contribution in [0, 0.1) is 0 Å². The van der Waals surface area contributed by atoms with E-state index in [1.54, 1.807) is 0 Å². The topological polar surface area (TPSA) is 32.3 Å². The van der Waals surface area contributed by atoms with E-state index in [0.29, 0.717) is 6.54 Å². The lowest BCUT2D eigenvalue weighted by Crippen LogP contribution is -2.45. The average Bonchev–Trinajstić information content (AvgIpc) is 2.17. The first kappa shape index (κ1) is 13.4. The molecule has 0 unspecified atom stereocenters. The first-order valence-corrected chi connectivity index (χ1v) is 5.49. The standard InChI is InChI=1S/C10H17F3N2O/c11-10(12,13)3-1-2-9(16)8-15-6-4-14-5-7-15/h14H,1-8H2. The number of ketones is 1. The molecule has 0 aromatic heterocycles. The van der Waals surface area contributed by atoms with Crippen LogP contribution in [0.1, 0.15) is 19.3 Å². The van der Waals surface area contributed by atoms with Gasteiger partial charge in [-0.25, -0.2) is 0 Å². The highest BCUT2D eigenvalue weighted by molar-refractivity contribution is 5.80. The van der Waals surface area contributed by atoms with Crippen molar-refractivity contribution < 1.29 is 18.0 Å². The van der Waals surface area contributed by atoms with E-state index >= 15 is 0 Å². The molecule has 1 N–H and O–H groups in total. The largest absolute Gasteiger partial charge is 0.389 e. The van der Waals surface area contributed by atoms with Crippen molar-refractivity contribution in [2.45, 2.75) is 25.4 Å². The van der Waals surface area contributed by atoms with Crippen LogP contribution < -0.4 is 5.32 Å². The van der Waals surface area contributed by atoms with Gasteiger partial charge in [0.1, 0.15) is 5.78 Å². The van der Waals surface area contributed by atoms with E-state index in [-0.39, 0.29) is 18.6 Å². The fourth-order valence-electron chi connectivity index (χ4n) is 1.68. The summed E-state index contributed by atoms with van der Waals surface area (Å²) in [6.07, 6.45) is -5.06. The molecule has 0 bridgehead atoms. The van der Waals surface area contributed by atoms with Gasteiger partial charge in [0, 0.05) is 39.0 Å². The molecule has 16 heavy (non-hydrogen) atoms. The molecule has 1 saturated heterocycles. The molecule has 1 rings (SSSR count). The van der Waals surface area contributed by atoms with Crippen molar-refractivity contribution in [1.29, 1.82) is 0 Å². The number of hydrogen-bond acceptors (Lipinski definition) is 3. The minimum atomic E-state index is -4.14. The Morgan fingerprint density at radius 1 is 1.25 bits per heavy atom. The molecular weight excluding hydrogens is 221 g/mol. The predicted octanol–water partition coefficient (Wildman–Crippen LogP) is 1.19. The predicted molar refractivity (Wildman–Crippen MR) is 54.2 cm³/mol. The molecule has 94 valence electrons. The number of nitrogens with zero attached hydrogens (tertiary/aromatic N) is 1. The van der Waals surface area contributed by atoms with Gasteiger partial charge in [0.15, 0.2) is 0 Å². The number of Topliss-reactive ketones (excluding diaryl/α,β-unsaturated/α-hetero) is 1. The summed E-state index contributed by atoms with van der Waals surface area (Å²) in [6.45, 7) is 3.57. The summed E-state index contributed by atoms with van der Waals surface area (Å²) < 4.78 is 35.5. The van der Waals surface area contributed by atoms with E-state index in [9.17, 15) is 18.0 Å². The molecule has 0 atom stereocenters. The summed E-state index contributed by atoms with van der Waals surface area (Å²) in [5.74, 6) is -0.0915. The maximum absolute atomic E-state index is 11.8. The maximum Gasteiger partial charge on any atom is 0.389 e. The SMILES string of the molecule is O=C(CCCC(F)(F)F)CN1CCNCC1. The van der Waals surface area contributed by atoms with Gasteiger partial charge >= 0.3 is 6.18 Å². The van der Waals surface area contributed by atoms with Crippen LogP contribution in [0.3, 0.4) is 0 Å². The molecule has 0 radical (unpaired) electrons. The molecule has 1 heterocycles. The molecule has 0 spiro atoms. The molecule has 1 fully saturated rings. The van der Waals surface area contributed by atoms with Gasteiger partial charge in [-0.1, -0.05) is 0 Å². The summed E-state index contributed by atoms with van der Waals surface area (Å²) in [5.41, 5.74) is 0. The minimum absolute atomic E-state index is 0.0312. The van der Waals surface area contributed by atoms with Crippen LogP contribution in [0.2, 0.25) is 0 Å². The average molecular weight is 238 g/mol. The normalized spacial score (nSPS) is 18.7. The monoisotopic (exact) mass is 238 g/mol. The zero-order valence-corrected chi connectivity index (χ0v) is 9.15. The van der Waals surface area contributed by atoms with Crippen molar-refractivity contribution in [3.63, 3.8) is 0 Å². The zero-order chi connectivity index (χ0) is 12.0. The van der Waals surface area contributed by atoms with Crippen molar-refractivity contribution in [3.05, 3.63) is 0 Å².